The maximum absolute atomic E-state index is 12.7. The Balaban J connectivity index is 1.54. The van der Waals surface area contributed by atoms with Crippen LogP contribution in [0.1, 0.15) is 11.3 Å². The van der Waals surface area contributed by atoms with Gasteiger partial charge in [-0.15, -0.1) is 0 Å². The van der Waals surface area contributed by atoms with E-state index in [-0.39, 0.29) is 17.3 Å². The van der Waals surface area contributed by atoms with Crippen LogP contribution in [0, 0.1) is 0 Å². The van der Waals surface area contributed by atoms with Crippen molar-refractivity contribution in [2.75, 3.05) is 31.5 Å². The maximum atomic E-state index is 12.7. The van der Waals surface area contributed by atoms with Crippen molar-refractivity contribution in [3.05, 3.63) is 59.9 Å². The van der Waals surface area contributed by atoms with Gasteiger partial charge in [0.05, 0.1) is 12.1 Å². The van der Waals surface area contributed by atoms with Crippen LogP contribution in [0.15, 0.2) is 48.7 Å². The summed E-state index contributed by atoms with van der Waals surface area (Å²) in [5, 5.41) is 2.62. The van der Waals surface area contributed by atoms with Crippen LogP contribution in [0.2, 0.25) is 0 Å². The van der Waals surface area contributed by atoms with Crippen LogP contribution >= 0.6 is 0 Å². The Morgan fingerprint density at radius 1 is 1.04 bits per heavy atom. The highest BCUT2D eigenvalue weighted by Gasteiger charge is 2.29. The Kier molecular flexibility index (Phi) is 5.95. The number of benzene rings is 1. The van der Waals surface area contributed by atoms with Crippen LogP contribution in [0.4, 0.5) is 23.7 Å². The summed E-state index contributed by atoms with van der Waals surface area (Å²) < 4.78 is 38.1. The summed E-state index contributed by atoms with van der Waals surface area (Å²) in [5.41, 5.74) is 1.24. The van der Waals surface area contributed by atoms with Gasteiger partial charge in [0, 0.05) is 44.6 Å². The number of hydrogen-bond donors (Lipinski definition) is 1. The van der Waals surface area contributed by atoms with Gasteiger partial charge in [-0.2, -0.15) is 13.2 Å². The predicted octanol–water partition coefficient (Wildman–Crippen LogP) is 3.54. The van der Waals surface area contributed by atoms with E-state index in [1.54, 1.807) is 17.2 Å². The van der Waals surface area contributed by atoms with Crippen molar-refractivity contribution in [1.29, 1.82) is 0 Å². The van der Waals surface area contributed by atoms with E-state index in [0.29, 0.717) is 32.7 Å². The Labute approximate surface area is 155 Å². The third-order valence-corrected chi connectivity index (χ3v) is 4.42. The summed E-state index contributed by atoms with van der Waals surface area (Å²) >= 11 is 0. The standard InChI is InChI=1S/C19H21F3N4O/c20-19(21,22)13-15-5-1-2-7-17(15)24-18(27)26-11-9-25(10-12-26)14-16-6-3-4-8-23-16/h1-8H,9-14H2,(H,24,27). The second kappa shape index (κ2) is 8.39. The van der Waals surface area contributed by atoms with E-state index in [4.69, 9.17) is 0 Å². The minimum Gasteiger partial charge on any atom is -0.322 e. The molecular formula is C19H21F3N4O. The van der Waals surface area contributed by atoms with Gasteiger partial charge in [0.15, 0.2) is 0 Å². The molecule has 144 valence electrons. The number of anilines is 1. The van der Waals surface area contributed by atoms with Gasteiger partial charge < -0.3 is 10.2 Å². The molecule has 5 nitrogen and oxygen atoms in total. The number of nitrogens with one attached hydrogen (secondary N) is 1. The van der Waals surface area contributed by atoms with Crippen molar-refractivity contribution in [3.63, 3.8) is 0 Å². The lowest BCUT2D eigenvalue weighted by molar-refractivity contribution is -0.127. The highest BCUT2D eigenvalue weighted by Crippen LogP contribution is 2.26. The van der Waals surface area contributed by atoms with Crippen molar-refractivity contribution < 1.29 is 18.0 Å². The summed E-state index contributed by atoms with van der Waals surface area (Å²) in [7, 11) is 0. The summed E-state index contributed by atoms with van der Waals surface area (Å²) in [6.07, 6.45) is -3.64. The number of pyridine rings is 1. The largest absolute Gasteiger partial charge is 0.393 e. The highest BCUT2D eigenvalue weighted by molar-refractivity contribution is 5.90. The SMILES string of the molecule is O=C(Nc1ccccc1CC(F)(F)F)N1CCN(Cc2ccccn2)CC1. The Hall–Kier alpha value is -2.61. The van der Waals surface area contributed by atoms with Crippen molar-refractivity contribution in [3.8, 4) is 0 Å². The summed E-state index contributed by atoms with van der Waals surface area (Å²) in [6.45, 7) is 3.12. The molecule has 0 saturated carbocycles. The van der Waals surface area contributed by atoms with E-state index in [2.05, 4.69) is 15.2 Å². The van der Waals surface area contributed by atoms with Crippen LogP contribution in [0.5, 0.6) is 0 Å². The zero-order chi connectivity index (χ0) is 19.3. The molecule has 0 radical (unpaired) electrons. The van der Waals surface area contributed by atoms with Gasteiger partial charge in [-0.05, 0) is 23.8 Å². The summed E-state index contributed by atoms with van der Waals surface area (Å²) in [4.78, 5) is 20.6. The average molecular weight is 378 g/mol. The monoisotopic (exact) mass is 378 g/mol. The Bertz CT molecular complexity index is 759. The Morgan fingerprint density at radius 3 is 2.41 bits per heavy atom. The third-order valence-electron chi connectivity index (χ3n) is 4.42. The van der Waals surface area contributed by atoms with Crippen molar-refractivity contribution >= 4 is 11.7 Å². The zero-order valence-electron chi connectivity index (χ0n) is 14.7. The lowest BCUT2D eigenvalue weighted by Crippen LogP contribution is -2.49. The first-order chi connectivity index (χ1) is 12.9. The number of para-hydroxylation sites is 1. The molecule has 0 aliphatic carbocycles. The molecule has 1 N–H and O–H groups in total. The molecule has 1 aliphatic rings. The number of alkyl halides is 3. The fraction of sp³-hybridized carbons (Fsp3) is 0.368. The third kappa shape index (κ3) is 5.68. The fourth-order valence-electron chi connectivity index (χ4n) is 3.04. The summed E-state index contributed by atoms with van der Waals surface area (Å²) in [6, 6.07) is 11.4. The van der Waals surface area contributed by atoms with Crippen molar-refractivity contribution in [2.45, 2.75) is 19.1 Å². The molecule has 2 aromatic rings. The highest BCUT2D eigenvalue weighted by atomic mass is 19.4. The zero-order valence-corrected chi connectivity index (χ0v) is 14.7. The van der Waals surface area contributed by atoms with Crippen molar-refractivity contribution in [1.82, 2.24) is 14.8 Å². The van der Waals surface area contributed by atoms with Crippen molar-refractivity contribution in [2.24, 2.45) is 0 Å². The molecule has 0 spiro atoms. The Morgan fingerprint density at radius 2 is 1.74 bits per heavy atom. The molecule has 2 amide bonds. The van der Waals surface area contributed by atoms with Gasteiger partial charge in [-0.25, -0.2) is 4.79 Å². The number of rotatable bonds is 4. The molecule has 0 unspecified atom stereocenters. The van der Waals surface area contributed by atoms with Crippen LogP contribution in [0.25, 0.3) is 0 Å². The van der Waals surface area contributed by atoms with Crippen LogP contribution in [-0.2, 0) is 13.0 Å². The first-order valence-corrected chi connectivity index (χ1v) is 8.73. The quantitative estimate of drug-likeness (QED) is 0.885. The number of nitrogens with zero attached hydrogens (tertiary/aromatic N) is 3. The molecule has 1 aromatic carbocycles. The van der Waals surface area contributed by atoms with Gasteiger partial charge >= 0.3 is 12.2 Å². The van der Waals surface area contributed by atoms with E-state index in [9.17, 15) is 18.0 Å². The van der Waals surface area contributed by atoms with E-state index in [0.717, 1.165) is 5.69 Å². The minimum absolute atomic E-state index is 0.0622. The lowest BCUT2D eigenvalue weighted by Gasteiger charge is -2.34. The molecule has 0 atom stereocenters. The molecule has 27 heavy (non-hydrogen) atoms. The number of piperazine rings is 1. The number of hydrogen-bond acceptors (Lipinski definition) is 3. The van der Waals surface area contributed by atoms with Gasteiger partial charge in [-0.3, -0.25) is 9.88 Å². The molecule has 1 aromatic heterocycles. The van der Waals surface area contributed by atoms with E-state index < -0.39 is 12.6 Å². The van der Waals surface area contributed by atoms with Gasteiger partial charge in [-0.1, -0.05) is 24.3 Å². The van der Waals surface area contributed by atoms with E-state index >= 15 is 0 Å². The molecule has 0 bridgehead atoms. The number of carbonyl (C=O) groups is 1. The predicted molar refractivity (Wildman–Crippen MR) is 96.3 cm³/mol. The number of amides is 2. The number of urea groups is 1. The molecular weight excluding hydrogens is 357 g/mol. The molecule has 1 aliphatic heterocycles. The molecule has 1 fully saturated rings. The topological polar surface area (TPSA) is 48.5 Å². The maximum Gasteiger partial charge on any atom is 0.393 e. The minimum atomic E-state index is -4.32. The number of carbonyl (C=O) groups excluding carboxylic acids is 1. The second-order valence-corrected chi connectivity index (χ2v) is 6.46. The lowest BCUT2D eigenvalue weighted by atomic mass is 10.1. The number of aromatic nitrogens is 1. The first-order valence-electron chi connectivity index (χ1n) is 8.73. The van der Waals surface area contributed by atoms with Gasteiger partial charge in [0.25, 0.3) is 0 Å². The average Bonchev–Trinajstić information content (AvgIpc) is 2.63. The molecule has 8 heteroatoms. The van der Waals surface area contributed by atoms with E-state index in [1.165, 1.54) is 18.2 Å². The normalized spacial score (nSPS) is 15.6. The first kappa shape index (κ1) is 19.2. The summed E-state index contributed by atoms with van der Waals surface area (Å²) in [5.74, 6) is 0. The van der Waals surface area contributed by atoms with Crippen LogP contribution in [0.3, 0.4) is 0 Å². The van der Waals surface area contributed by atoms with Crippen LogP contribution in [-0.4, -0.2) is 53.2 Å². The van der Waals surface area contributed by atoms with Gasteiger partial charge in [0.2, 0.25) is 0 Å². The second-order valence-electron chi connectivity index (χ2n) is 6.46. The van der Waals surface area contributed by atoms with E-state index in [1.807, 2.05) is 18.2 Å². The smallest absolute Gasteiger partial charge is 0.322 e. The number of halogens is 3. The molecule has 3 rings (SSSR count). The molecule has 1 saturated heterocycles. The van der Waals surface area contributed by atoms with Gasteiger partial charge in [0.1, 0.15) is 0 Å². The fourth-order valence-corrected chi connectivity index (χ4v) is 3.04. The van der Waals surface area contributed by atoms with Crippen LogP contribution < -0.4 is 5.32 Å². The molecule has 2 heterocycles.